The number of carbonyl (C=O) groups excluding carboxylic acids is 1. The summed E-state index contributed by atoms with van der Waals surface area (Å²) in [6.07, 6.45) is 0.888. The van der Waals surface area contributed by atoms with Gasteiger partial charge < -0.3 is 10.6 Å². The van der Waals surface area contributed by atoms with Gasteiger partial charge in [0.1, 0.15) is 0 Å². The van der Waals surface area contributed by atoms with Crippen LogP contribution in [-0.4, -0.2) is 23.9 Å². The third kappa shape index (κ3) is 2.83. The van der Waals surface area contributed by atoms with E-state index in [4.69, 9.17) is 5.73 Å². The van der Waals surface area contributed by atoms with Gasteiger partial charge in [0, 0.05) is 7.05 Å². The minimum Gasteiger partial charge on any atom is -0.337 e. The molecule has 2 atom stereocenters. The maximum atomic E-state index is 11.8. The average Bonchev–Trinajstić information content (AvgIpc) is 2.30. The second kappa shape index (κ2) is 5.66. The molecule has 1 aromatic rings. The van der Waals surface area contributed by atoms with E-state index in [1.807, 2.05) is 37.4 Å². The molecule has 0 aliphatic heterocycles. The van der Waals surface area contributed by atoms with E-state index in [1.165, 1.54) is 0 Å². The summed E-state index contributed by atoms with van der Waals surface area (Å²) in [5, 5.41) is 0. The van der Waals surface area contributed by atoms with Gasteiger partial charge in [-0.1, -0.05) is 37.3 Å². The molecule has 2 N–H and O–H groups in total. The molecular formula is C13H20N2O. The molecule has 3 nitrogen and oxygen atoms in total. The Balaban J connectivity index is 2.87. The van der Waals surface area contributed by atoms with E-state index in [0.29, 0.717) is 0 Å². The number of hydrogen-bond acceptors (Lipinski definition) is 2. The summed E-state index contributed by atoms with van der Waals surface area (Å²) in [4.78, 5) is 13.6. The lowest BCUT2D eigenvalue weighted by Gasteiger charge is -2.29. The number of nitrogens with two attached hydrogens (primary N) is 1. The van der Waals surface area contributed by atoms with Gasteiger partial charge in [-0.15, -0.1) is 0 Å². The molecule has 0 aliphatic carbocycles. The Labute approximate surface area is 97.2 Å². The van der Waals surface area contributed by atoms with Crippen molar-refractivity contribution in [2.24, 2.45) is 5.73 Å². The van der Waals surface area contributed by atoms with E-state index in [0.717, 1.165) is 12.0 Å². The van der Waals surface area contributed by atoms with Crippen LogP contribution in [0.1, 0.15) is 31.9 Å². The maximum Gasteiger partial charge on any atom is 0.239 e. The minimum atomic E-state index is -0.442. The fourth-order valence-electron chi connectivity index (χ4n) is 1.88. The van der Waals surface area contributed by atoms with E-state index in [1.54, 1.807) is 11.8 Å². The number of rotatable bonds is 4. The molecule has 0 saturated carbocycles. The Morgan fingerprint density at radius 1 is 1.38 bits per heavy atom. The Morgan fingerprint density at radius 3 is 2.38 bits per heavy atom. The predicted octanol–water partition coefficient (Wildman–Crippen LogP) is 1.94. The predicted molar refractivity (Wildman–Crippen MR) is 65.9 cm³/mol. The first-order chi connectivity index (χ1) is 7.57. The van der Waals surface area contributed by atoms with E-state index in [2.05, 4.69) is 6.92 Å². The van der Waals surface area contributed by atoms with Crippen LogP contribution in [0.4, 0.5) is 0 Å². The van der Waals surface area contributed by atoms with Crippen LogP contribution in [0.5, 0.6) is 0 Å². The molecule has 0 unspecified atom stereocenters. The van der Waals surface area contributed by atoms with Crippen LogP contribution in [0.15, 0.2) is 30.3 Å². The van der Waals surface area contributed by atoms with Gasteiger partial charge in [-0.3, -0.25) is 4.79 Å². The van der Waals surface area contributed by atoms with E-state index in [9.17, 15) is 4.79 Å². The quantitative estimate of drug-likeness (QED) is 0.843. The zero-order valence-electron chi connectivity index (χ0n) is 10.2. The number of carbonyl (C=O) groups is 1. The van der Waals surface area contributed by atoms with Crippen LogP contribution < -0.4 is 5.73 Å². The Bertz CT molecular complexity index is 335. The summed E-state index contributed by atoms with van der Waals surface area (Å²) in [7, 11) is 1.81. The molecule has 1 aromatic carbocycles. The Morgan fingerprint density at radius 2 is 1.94 bits per heavy atom. The first-order valence-electron chi connectivity index (χ1n) is 5.65. The fraction of sp³-hybridized carbons (Fsp3) is 0.462. The molecule has 1 amide bonds. The van der Waals surface area contributed by atoms with Crippen molar-refractivity contribution < 1.29 is 4.79 Å². The molecule has 0 bridgehead atoms. The van der Waals surface area contributed by atoms with Gasteiger partial charge in [-0.25, -0.2) is 0 Å². The van der Waals surface area contributed by atoms with E-state index >= 15 is 0 Å². The van der Waals surface area contributed by atoms with Crippen molar-refractivity contribution in [2.75, 3.05) is 7.05 Å². The summed E-state index contributed by atoms with van der Waals surface area (Å²) in [5.41, 5.74) is 6.77. The molecule has 0 aliphatic rings. The molecule has 0 radical (unpaired) electrons. The second-order valence-corrected chi connectivity index (χ2v) is 4.07. The third-order valence-electron chi connectivity index (χ3n) is 2.78. The molecular weight excluding hydrogens is 200 g/mol. The second-order valence-electron chi connectivity index (χ2n) is 4.07. The largest absolute Gasteiger partial charge is 0.337 e. The number of benzene rings is 1. The van der Waals surface area contributed by atoms with Crippen molar-refractivity contribution in [2.45, 2.75) is 32.4 Å². The molecule has 0 fully saturated rings. The first kappa shape index (κ1) is 12.7. The van der Waals surface area contributed by atoms with Crippen molar-refractivity contribution in [1.82, 2.24) is 4.90 Å². The monoisotopic (exact) mass is 220 g/mol. The average molecular weight is 220 g/mol. The molecule has 0 saturated heterocycles. The number of amides is 1. The maximum absolute atomic E-state index is 11.8. The third-order valence-corrected chi connectivity index (χ3v) is 2.78. The van der Waals surface area contributed by atoms with Gasteiger partial charge in [0.2, 0.25) is 5.91 Å². The van der Waals surface area contributed by atoms with Crippen LogP contribution in [0.25, 0.3) is 0 Å². The van der Waals surface area contributed by atoms with Crippen LogP contribution in [0.3, 0.4) is 0 Å². The van der Waals surface area contributed by atoms with Crippen molar-refractivity contribution in [3.05, 3.63) is 35.9 Å². The van der Waals surface area contributed by atoms with Crippen LogP contribution in [0, 0.1) is 0 Å². The minimum absolute atomic E-state index is 0.0179. The first-order valence-corrected chi connectivity index (χ1v) is 5.65. The van der Waals surface area contributed by atoms with Crippen LogP contribution in [0.2, 0.25) is 0 Å². The highest BCUT2D eigenvalue weighted by atomic mass is 16.2. The molecule has 0 spiro atoms. The number of likely N-dealkylation sites (N-methyl/N-ethyl adjacent to an activating group) is 1. The van der Waals surface area contributed by atoms with Gasteiger partial charge in [-0.2, -0.15) is 0 Å². The molecule has 88 valence electrons. The van der Waals surface area contributed by atoms with Crippen LogP contribution >= 0.6 is 0 Å². The van der Waals surface area contributed by atoms with Gasteiger partial charge in [0.25, 0.3) is 0 Å². The molecule has 0 heterocycles. The summed E-state index contributed by atoms with van der Waals surface area (Å²) >= 11 is 0. The lowest BCUT2D eigenvalue weighted by Crippen LogP contribution is -2.41. The van der Waals surface area contributed by atoms with E-state index < -0.39 is 6.04 Å². The zero-order valence-corrected chi connectivity index (χ0v) is 10.2. The van der Waals surface area contributed by atoms with Crippen molar-refractivity contribution >= 4 is 5.91 Å². The van der Waals surface area contributed by atoms with Crippen molar-refractivity contribution in [3.8, 4) is 0 Å². The standard InChI is InChI=1S/C13H20N2O/c1-4-12(11-8-6-5-7-9-11)15(3)13(16)10(2)14/h5-10,12H,4,14H2,1-3H3/t10-,12+/m0/s1. The smallest absolute Gasteiger partial charge is 0.239 e. The number of hydrogen-bond donors (Lipinski definition) is 1. The van der Waals surface area contributed by atoms with Crippen molar-refractivity contribution in [1.29, 1.82) is 0 Å². The summed E-state index contributed by atoms with van der Waals surface area (Å²) in [5.74, 6) is -0.0179. The fourth-order valence-corrected chi connectivity index (χ4v) is 1.88. The van der Waals surface area contributed by atoms with Gasteiger partial charge >= 0.3 is 0 Å². The summed E-state index contributed by atoms with van der Waals surface area (Å²) in [6, 6.07) is 9.70. The molecule has 16 heavy (non-hydrogen) atoms. The van der Waals surface area contributed by atoms with E-state index in [-0.39, 0.29) is 11.9 Å². The zero-order chi connectivity index (χ0) is 12.1. The summed E-state index contributed by atoms with van der Waals surface area (Å²) < 4.78 is 0. The van der Waals surface area contributed by atoms with Crippen molar-refractivity contribution in [3.63, 3.8) is 0 Å². The number of nitrogens with zero attached hydrogens (tertiary/aromatic N) is 1. The molecule has 3 heteroatoms. The van der Waals surface area contributed by atoms with Gasteiger partial charge in [0.05, 0.1) is 12.1 Å². The van der Waals surface area contributed by atoms with Gasteiger partial charge in [-0.05, 0) is 18.9 Å². The molecule has 0 aromatic heterocycles. The Kier molecular flexibility index (Phi) is 4.50. The highest BCUT2D eigenvalue weighted by molar-refractivity contribution is 5.81. The van der Waals surface area contributed by atoms with Gasteiger partial charge in [0.15, 0.2) is 0 Å². The topological polar surface area (TPSA) is 46.3 Å². The highest BCUT2D eigenvalue weighted by Crippen LogP contribution is 2.22. The Hall–Kier alpha value is -1.35. The van der Waals surface area contributed by atoms with Crippen LogP contribution in [-0.2, 0) is 4.79 Å². The normalized spacial score (nSPS) is 14.2. The lowest BCUT2D eigenvalue weighted by atomic mass is 10.0. The lowest BCUT2D eigenvalue weighted by molar-refractivity contribution is -0.133. The molecule has 1 rings (SSSR count). The summed E-state index contributed by atoms with van der Waals surface area (Å²) in [6.45, 7) is 3.79. The highest BCUT2D eigenvalue weighted by Gasteiger charge is 2.21. The SMILES string of the molecule is CC[C@H](c1ccccc1)N(C)C(=O)[C@H](C)N.